The van der Waals surface area contributed by atoms with E-state index in [1.165, 1.54) is 0 Å². The highest BCUT2D eigenvalue weighted by Crippen LogP contribution is 2.32. The summed E-state index contributed by atoms with van der Waals surface area (Å²) in [5.41, 5.74) is 8.25. The third-order valence-corrected chi connectivity index (χ3v) is 3.67. The highest BCUT2D eigenvalue weighted by molar-refractivity contribution is 5.93. The second-order valence-electron chi connectivity index (χ2n) is 4.83. The Hall–Kier alpha value is -1.36. The van der Waals surface area contributed by atoms with Crippen molar-refractivity contribution in [3.05, 3.63) is 11.4 Å². The van der Waals surface area contributed by atoms with E-state index in [4.69, 9.17) is 5.73 Å². The van der Waals surface area contributed by atoms with Gasteiger partial charge in [0.2, 0.25) is 5.91 Å². The number of carbonyl (C=O) groups excluding carboxylic acids is 1. The lowest BCUT2D eigenvalue weighted by Crippen LogP contribution is -2.30. The van der Waals surface area contributed by atoms with Crippen molar-refractivity contribution in [1.29, 1.82) is 0 Å². The molecule has 2 rings (SSSR count). The molecule has 2 atom stereocenters. The van der Waals surface area contributed by atoms with Crippen LogP contribution in [0, 0.1) is 25.7 Å². The number of H-pyrrole nitrogens is 1. The molecule has 0 bridgehead atoms. The zero-order valence-corrected chi connectivity index (χ0v) is 10.4. The van der Waals surface area contributed by atoms with Crippen LogP contribution < -0.4 is 11.1 Å². The Bertz CT molecular complexity index is 393. The number of carbonyl (C=O) groups is 1. The lowest BCUT2D eigenvalue weighted by atomic mass is 9.95. The summed E-state index contributed by atoms with van der Waals surface area (Å²) in [6.07, 6.45) is 3.12. The lowest BCUT2D eigenvalue weighted by Gasteiger charge is -2.17. The van der Waals surface area contributed by atoms with E-state index >= 15 is 0 Å². The van der Waals surface area contributed by atoms with Crippen LogP contribution in [-0.2, 0) is 4.79 Å². The summed E-state index contributed by atoms with van der Waals surface area (Å²) >= 11 is 0. The molecular weight excluding hydrogens is 216 g/mol. The van der Waals surface area contributed by atoms with Crippen LogP contribution in [0.4, 0.5) is 5.69 Å². The molecule has 1 heterocycles. The first kappa shape index (κ1) is 12.1. The Balaban J connectivity index is 2.07. The fourth-order valence-electron chi connectivity index (χ4n) is 2.62. The second kappa shape index (κ2) is 4.87. The molecule has 0 saturated heterocycles. The van der Waals surface area contributed by atoms with Crippen LogP contribution in [0.1, 0.15) is 30.7 Å². The number of hydrogen-bond donors (Lipinski definition) is 3. The van der Waals surface area contributed by atoms with Gasteiger partial charge in [0.25, 0.3) is 0 Å². The monoisotopic (exact) mass is 236 g/mol. The van der Waals surface area contributed by atoms with Gasteiger partial charge in [-0.1, -0.05) is 6.42 Å². The van der Waals surface area contributed by atoms with E-state index in [-0.39, 0.29) is 11.8 Å². The van der Waals surface area contributed by atoms with Gasteiger partial charge in [-0.3, -0.25) is 9.89 Å². The molecule has 0 radical (unpaired) electrons. The van der Waals surface area contributed by atoms with Crippen molar-refractivity contribution >= 4 is 11.6 Å². The van der Waals surface area contributed by atoms with Crippen LogP contribution in [0.5, 0.6) is 0 Å². The van der Waals surface area contributed by atoms with Gasteiger partial charge in [0.15, 0.2) is 0 Å². The van der Waals surface area contributed by atoms with Gasteiger partial charge in [-0.25, -0.2) is 0 Å². The zero-order chi connectivity index (χ0) is 12.4. The van der Waals surface area contributed by atoms with Crippen molar-refractivity contribution in [2.75, 3.05) is 11.9 Å². The Morgan fingerprint density at radius 1 is 1.53 bits per heavy atom. The van der Waals surface area contributed by atoms with Crippen molar-refractivity contribution in [3.63, 3.8) is 0 Å². The van der Waals surface area contributed by atoms with Crippen LogP contribution >= 0.6 is 0 Å². The molecule has 17 heavy (non-hydrogen) atoms. The van der Waals surface area contributed by atoms with Crippen LogP contribution in [0.25, 0.3) is 0 Å². The predicted octanol–water partition coefficient (Wildman–Crippen LogP) is 1.34. The molecule has 94 valence electrons. The number of hydrogen-bond acceptors (Lipinski definition) is 3. The molecule has 2 unspecified atom stereocenters. The molecule has 1 aliphatic carbocycles. The standard InChI is InChI=1S/C12H20N4O/c1-7-11(8(2)16-15-7)14-12(17)10-5-3-4-9(10)6-13/h9-10H,3-6,13H2,1-2H3,(H,14,17)(H,15,16). The molecule has 1 aromatic heterocycles. The Kier molecular flexibility index (Phi) is 3.47. The third-order valence-electron chi connectivity index (χ3n) is 3.67. The SMILES string of the molecule is Cc1n[nH]c(C)c1NC(=O)C1CCCC1CN. The normalized spacial score (nSPS) is 23.9. The number of rotatable bonds is 3. The lowest BCUT2D eigenvalue weighted by molar-refractivity contribution is -0.120. The molecule has 0 aliphatic heterocycles. The summed E-state index contributed by atoms with van der Waals surface area (Å²) in [5.74, 6) is 0.488. The fraction of sp³-hybridized carbons (Fsp3) is 0.667. The van der Waals surface area contributed by atoms with Gasteiger partial charge in [-0.05, 0) is 39.2 Å². The van der Waals surface area contributed by atoms with Crippen LogP contribution in [-0.4, -0.2) is 22.6 Å². The fourth-order valence-corrected chi connectivity index (χ4v) is 2.62. The van der Waals surface area contributed by atoms with E-state index in [1.807, 2.05) is 13.8 Å². The predicted molar refractivity (Wildman–Crippen MR) is 66.6 cm³/mol. The molecule has 5 heteroatoms. The zero-order valence-electron chi connectivity index (χ0n) is 10.4. The second-order valence-corrected chi connectivity index (χ2v) is 4.83. The number of aryl methyl sites for hydroxylation is 2. The van der Waals surface area contributed by atoms with Crippen LogP contribution in [0.15, 0.2) is 0 Å². The molecule has 1 amide bonds. The van der Waals surface area contributed by atoms with Crippen molar-refractivity contribution in [2.45, 2.75) is 33.1 Å². The van der Waals surface area contributed by atoms with Gasteiger partial charge in [0.1, 0.15) is 0 Å². The maximum absolute atomic E-state index is 12.2. The van der Waals surface area contributed by atoms with E-state index < -0.39 is 0 Å². The first-order valence-corrected chi connectivity index (χ1v) is 6.16. The van der Waals surface area contributed by atoms with Gasteiger partial charge in [-0.2, -0.15) is 5.10 Å². The van der Waals surface area contributed by atoms with E-state index in [0.29, 0.717) is 12.5 Å². The van der Waals surface area contributed by atoms with Gasteiger partial charge in [-0.15, -0.1) is 0 Å². The molecule has 1 aliphatic rings. The van der Waals surface area contributed by atoms with Gasteiger partial charge < -0.3 is 11.1 Å². The summed E-state index contributed by atoms with van der Waals surface area (Å²) in [7, 11) is 0. The summed E-state index contributed by atoms with van der Waals surface area (Å²) in [5, 5.41) is 9.92. The van der Waals surface area contributed by atoms with Crippen LogP contribution in [0.2, 0.25) is 0 Å². The molecule has 0 spiro atoms. The first-order chi connectivity index (χ1) is 8.13. The number of nitrogens with zero attached hydrogens (tertiary/aromatic N) is 1. The van der Waals surface area contributed by atoms with E-state index in [1.54, 1.807) is 0 Å². The topological polar surface area (TPSA) is 83.8 Å². The average molecular weight is 236 g/mol. The minimum atomic E-state index is 0.0636. The number of aromatic amines is 1. The van der Waals surface area contributed by atoms with Crippen molar-refractivity contribution in [1.82, 2.24) is 10.2 Å². The van der Waals surface area contributed by atoms with E-state index in [2.05, 4.69) is 15.5 Å². The van der Waals surface area contributed by atoms with Crippen LogP contribution in [0.3, 0.4) is 0 Å². The minimum absolute atomic E-state index is 0.0636. The van der Waals surface area contributed by atoms with Gasteiger partial charge in [0, 0.05) is 5.92 Å². The summed E-state index contributed by atoms with van der Waals surface area (Å²) < 4.78 is 0. The largest absolute Gasteiger partial charge is 0.330 e. The molecule has 0 aromatic carbocycles. The van der Waals surface area contributed by atoms with Crippen molar-refractivity contribution in [2.24, 2.45) is 17.6 Å². The van der Waals surface area contributed by atoms with E-state index in [9.17, 15) is 4.79 Å². The Morgan fingerprint density at radius 3 is 2.88 bits per heavy atom. The Morgan fingerprint density at radius 2 is 2.29 bits per heavy atom. The highest BCUT2D eigenvalue weighted by atomic mass is 16.1. The maximum atomic E-state index is 12.2. The number of amides is 1. The van der Waals surface area contributed by atoms with Crippen molar-refractivity contribution in [3.8, 4) is 0 Å². The highest BCUT2D eigenvalue weighted by Gasteiger charge is 2.32. The van der Waals surface area contributed by atoms with Gasteiger partial charge in [0.05, 0.1) is 17.1 Å². The third kappa shape index (κ3) is 2.34. The number of nitrogens with two attached hydrogens (primary N) is 1. The number of anilines is 1. The maximum Gasteiger partial charge on any atom is 0.227 e. The number of nitrogens with one attached hydrogen (secondary N) is 2. The van der Waals surface area contributed by atoms with E-state index in [0.717, 1.165) is 36.3 Å². The Labute approximate surface area is 101 Å². The summed E-state index contributed by atoms with van der Waals surface area (Å²) in [4.78, 5) is 12.2. The quantitative estimate of drug-likeness (QED) is 0.740. The van der Waals surface area contributed by atoms with Crippen molar-refractivity contribution < 1.29 is 4.79 Å². The first-order valence-electron chi connectivity index (χ1n) is 6.16. The average Bonchev–Trinajstić information content (AvgIpc) is 2.90. The molecule has 1 fully saturated rings. The molecule has 4 N–H and O–H groups in total. The molecular formula is C12H20N4O. The smallest absolute Gasteiger partial charge is 0.227 e. The minimum Gasteiger partial charge on any atom is -0.330 e. The summed E-state index contributed by atoms with van der Waals surface area (Å²) in [6.45, 7) is 4.39. The molecule has 5 nitrogen and oxygen atoms in total. The molecule has 1 aromatic rings. The number of aromatic nitrogens is 2. The summed E-state index contributed by atoms with van der Waals surface area (Å²) in [6, 6.07) is 0. The van der Waals surface area contributed by atoms with Gasteiger partial charge >= 0.3 is 0 Å². The molecule has 1 saturated carbocycles.